The maximum absolute atomic E-state index is 5.98. The maximum Gasteiger partial charge on any atom is 0.138 e. The Morgan fingerprint density at radius 2 is 1.85 bits per heavy atom. The van der Waals surface area contributed by atoms with Crippen LogP contribution < -0.4 is 10.6 Å². The zero-order valence-corrected chi connectivity index (χ0v) is 13.5. The number of hydrogen-bond donors (Lipinski definition) is 1. The van der Waals surface area contributed by atoms with Crippen LogP contribution >= 0.6 is 0 Å². The normalized spacial score (nSPS) is 23.6. The minimum atomic E-state index is -0.0802. The Hall–Kier alpha value is -1.32. The fourth-order valence-corrected chi connectivity index (χ4v) is 3.01. The van der Waals surface area contributed by atoms with Crippen LogP contribution in [0.2, 0.25) is 0 Å². The summed E-state index contributed by atoms with van der Waals surface area (Å²) in [6, 6.07) is 2.46. The highest BCUT2D eigenvalue weighted by atomic mass is 15.2. The van der Waals surface area contributed by atoms with Gasteiger partial charge in [0, 0.05) is 24.6 Å². The van der Waals surface area contributed by atoms with E-state index in [-0.39, 0.29) is 5.41 Å². The molecule has 2 unspecified atom stereocenters. The SMILES string of the molecule is CC1CCCCC1N(C)c1cc(N)nc(C(C)(C)C)n1. The molecule has 0 saturated heterocycles. The fourth-order valence-electron chi connectivity index (χ4n) is 3.01. The molecule has 2 rings (SSSR count). The van der Waals surface area contributed by atoms with Gasteiger partial charge in [-0.2, -0.15) is 0 Å². The van der Waals surface area contributed by atoms with E-state index in [1.165, 1.54) is 25.7 Å². The molecule has 2 N–H and O–H groups in total. The number of nitrogen functional groups attached to an aromatic ring is 1. The summed E-state index contributed by atoms with van der Waals surface area (Å²) in [5.74, 6) is 3.06. The molecule has 0 bridgehead atoms. The molecule has 0 radical (unpaired) electrons. The molecule has 1 aliphatic rings. The van der Waals surface area contributed by atoms with Gasteiger partial charge in [-0.25, -0.2) is 9.97 Å². The molecule has 1 aromatic rings. The van der Waals surface area contributed by atoms with Gasteiger partial charge in [-0.1, -0.05) is 40.5 Å². The Labute approximate surface area is 122 Å². The highest BCUT2D eigenvalue weighted by Crippen LogP contribution is 2.31. The molecule has 20 heavy (non-hydrogen) atoms. The van der Waals surface area contributed by atoms with Crippen LogP contribution in [0, 0.1) is 5.92 Å². The number of aromatic nitrogens is 2. The molecule has 112 valence electrons. The quantitative estimate of drug-likeness (QED) is 0.899. The predicted molar refractivity (Wildman–Crippen MR) is 85.0 cm³/mol. The lowest BCUT2D eigenvalue weighted by atomic mass is 9.85. The van der Waals surface area contributed by atoms with Crippen molar-refractivity contribution < 1.29 is 0 Å². The van der Waals surface area contributed by atoms with E-state index in [1.807, 2.05) is 6.07 Å². The van der Waals surface area contributed by atoms with Gasteiger partial charge < -0.3 is 10.6 Å². The molecular formula is C16H28N4. The molecule has 1 saturated carbocycles. The maximum atomic E-state index is 5.98. The highest BCUT2D eigenvalue weighted by Gasteiger charge is 2.27. The second kappa shape index (κ2) is 5.58. The van der Waals surface area contributed by atoms with Crippen LogP contribution in [0.3, 0.4) is 0 Å². The highest BCUT2D eigenvalue weighted by molar-refractivity contribution is 5.48. The largest absolute Gasteiger partial charge is 0.384 e. The van der Waals surface area contributed by atoms with Gasteiger partial charge in [0.1, 0.15) is 17.5 Å². The molecule has 0 aromatic carbocycles. The second-order valence-corrected chi connectivity index (χ2v) is 7.16. The first-order valence-corrected chi connectivity index (χ1v) is 7.67. The molecule has 4 nitrogen and oxygen atoms in total. The summed E-state index contributed by atoms with van der Waals surface area (Å²) in [7, 11) is 2.14. The van der Waals surface area contributed by atoms with E-state index in [9.17, 15) is 0 Å². The molecule has 0 aliphatic heterocycles. The Bertz CT molecular complexity index is 464. The lowest BCUT2D eigenvalue weighted by Crippen LogP contribution is -2.39. The van der Waals surface area contributed by atoms with Crippen molar-refractivity contribution in [1.29, 1.82) is 0 Å². The number of hydrogen-bond acceptors (Lipinski definition) is 4. The van der Waals surface area contributed by atoms with Crippen molar-refractivity contribution in [2.75, 3.05) is 17.7 Å². The molecular weight excluding hydrogens is 248 g/mol. The van der Waals surface area contributed by atoms with Crippen molar-refractivity contribution in [1.82, 2.24) is 9.97 Å². The van der Waals surface area contributed by atoms with Gasteiger partial charge in [0.05, 0.1) is 0 Å². The van der Waals surface area contributed by atoms with Crippen molar-refractivity contribution in [3.8, 4) is 0 Å². The Morgan fingerprint density at radius 3 is 2.45 bits per heavy atom. The number of rotatable bonds is 2. The lowest BCUT2D eigenvalue weighted by molar-refractivity contribution is 0.320. The van der Waals surface area contributed by atoms with Crippen LogP contribution in [0.4, 0.5) is 11.6 Å². The molecule has 4 heteroatoms. The van der Waals surface area contributed by atoms with Crippen molar-refractivity contribution in [3.05, 3.63) is 11.9 Å². The van der Waals surface area contributed by atoms with Gasteiger partial charge in [-0.05, 0) is 18.8 Å². The first-order valence-electron chi connectivity index (χ1n) is 7.67. The summed E-state index contributed by atoms with van der Waals surface area (Å²) < 4.78 is 0. The van der Waals surface area contributed by atoms with E-state index < -0.39 is 0 Å². The molecule has 1 heterocycles. The number of nitrogens with two attached hydrogens (primary N) is 1. The van der Waals surface area contributed by atoms with Crippen molar-refractivity contribution in [3.63, 3.8) is 0 Å². The molecule has 0 spiro atoms. The van der Waals surface area contributed by atoms with Crippen molar-refractivity contribution in [2.45, 2.75) is 64.8 Å². The van der Waals surface area contributed by atoms with Gasteiger partial charge in [0.2, 0.25) is 0 Å². The van der Waals surface area contributed by atoms with Crippen LogP contribution in [0.25, 0.3) is 0 Å². The summed E-state index contributed by atoms with van der Waals surface area (Å²) in [5, 5.41) is 0. The van der Waals surface area contributed by atoms with E-state index in [2.05, 4.69) is 44.6 Å². The average Bonchev–Trinajstić information content (AvgIpc) is 2.37. The Balaban J connectivity index is 2.29. The second-order valence-electron chi connectivity index (χ2n) is 7.16. The van der Waals surface area contributed by atoms with Gasteiger partial charge in [-0.3, -0.25) is 0 Å². The standard InChI is InChI=1S/C16H28N4/c1-11-8-6-7-9-12(11)20(5)14-10-13(17)18-15(19-14)16(2,3)4/h10-12H,6-9H2,1-5H3,(H2,17,18,19). The summed E-state index contributed by atoms with van der Waals surface area (Å²) in [6.07, 6.45) is 5.21. The first kappa shape index (κ1) is 15.1. The Morgan fingerprint density at radius 1 is 1.20 bits per heavy atom. The average molecular weight is 276 g/mol. The van der Waals surface area contributed by atoms with E-state index in [0.717, 1.165) is 11.6 Å². The summed E-state index contributed by atoms with van der Waals surface area (Å²) >= 11 is 0. The molecule has 1 aromatic heterocycles. The van der Waals surface area contributed by atoms with Crippen molar-refractivity contribution >= 4 is 11.6 Å². The van der Waals surface area contributed by atoms with Crippen LogP contribution in [-0.4, -0.2) is 23.1 Å². The minimum absolute atomic E-state index is 0.0802. The third-order valence-electron chi connectivity index (χ3n) is 4.33. The van der Waals surface area contributed by atoms with E-state index >= 15 is 0 Å². The molecule has 1 aliphatic carbocycles. The zero-order chi connectivity index (χ0) is 14.9. The predicted octanol–water partition coefficient (Wildman–Crippen LogP) is 3.37. The van der Waals surface area contributed by atoms with Crippen molar-refractivity contribution in [2.24, 2.45) is 5.92 Å². The van der Waals surface area contributed by atoms with Crippen LogP contribution in [-0.2, 0) is 5.41 Å². The summed E-state index contributed by atoms with van der Waals surface area (Å²) in [5.41, 5.74) is 5.90. The number of anilines is 2. The van der Waals surface area contributed by atoms with Gasteiger partial charge in [0.15, 0.2) is 0 Å². The topological polar surface area (TPSA) is 55.0 Å². The van der Waals surface area contributed by atoms with E-state index in [4.69, 9.17) is 10.7 Å². The van der Waals surface area contributed by atoms with Gasteiger partial charge in [-0.15, -0.1) is 0 Å². The first-order chi connectivity index (χ1) is 9.29. The molecule has 2 atom stereocenters. The molecule has 0 amide bonds. The van der Waals surface area contributed by atoms with Gasteiger partial charge in [0.25, 0.3) is 0 Å². The third kappa shape index (κ3) is 3.22. The summed E-state index contributed by atoms with van der Waals surface area (Å²) in [6.45, 7) is 8.70. The Kier molecular flexibility index (Phi) is 4.21. The van der Waals surface area contributed by atoms with Crippen LogP contribution in [0.15, 0.2) is 6.07 Å². The van der Waals surface area contributed by atoms with Gasteiger partial charge >= 0.3 is 0 Å². The van der Waals surface area contributed by atoms with Crippen LogP contribution in [0.1, 0.15) is 59.2 Å². The zero-order valence-electron chi connectivity index (χ0n) is 13.5. The lowest BCUT2D eigenvalue weighted by Gasteiger charge is -2.37. The monoisotopic (exact) mass is 276 g/mol. The van der Waals surface area contributed by atoms with E-state index in [0.29, 0.717) is 17.8 Å². The molecule has 1 fully saturated rings. The number of nitrogens with zero attached hydrogens (tertiary/aromatic N) is 3. The minimum Gasteiger partial charge on any atom is -0.384 e. The van der Waals surface area contributed by atoms with E-state index in [1.54, 1.807) is 0 Å². The smallest absolute Gasteiger partial charge is 0.138 e. The fraction of sp³-hybridized carbons (Fsp3) is 0.750. The van der Waals surface area contributed by atoms with Crippen LogP contribution in [0.5, 0.6) is 0 Å². The summed E-state index contributed by atoms with van der Waals surface area (Å²) in [4.78, 5) is 11.4. The third-order valence-corrected chi connectivity index (χ3v) is 4.33.